The smallest absolute Gasteiger partial charge is 0.0986 e. The minimum atomic E-state index is 0.812. The molecular formula is C33H23N3. The van der Waals surface area contributed by atoms with E-state index in [0.29, 0.717) is 0 Å². The summed E-state index contributed by atoms with van der Waals surface area (Å²) in [5.41, 5.74) is 10.1. The quantitative estimate of drug-likeness (QED) is 0.260. The largest absolute Gasteiger partial charge is 0.256 e. The van der Waals surface area contributed by atoms with Crippen LogP contribution in [0.2, 0.25) is 0 Å². The van der Waals surface area contributed by atoms with Crippen LogP contribution in [0.3, 0.4) is 0 Å². The van der Waals surface area contributed by atoms with Crippen molar-refractivity contribution >= 4 is 0 Å². The molecule has 0 aliphatic carbocycles. The summed E-state index contributed by atoms with van der Waals surface area (Å²) in [5.74, 6) is 0. The molecule has 0 bridgehead atoms. The molecule has 0 unspecified atom stereocenters. The molecule has 0 radical (unpaired) electrons. The van der Waals surface area contributed by atoms with Gasteiger partial charge in [0, 0.05) is 40.8 Å². The van der Waals surface area contributed by atoms with Crippen molar-refractivity contribution in [3.63, 3.8) is 0 Å². The van der Waals surface area contributed by atoms with Crippen LogP contribution in [0.4, 0.5) is 0 Å². The lowest BCUT2D eigenvalue weighted by Crippen LogP contribution is -2.00. The van der Waals surface area contributed by atoms with Gasteiger partial charge in [-0.15, -0.1) is 0 Å². The first-order chi connectivity index (χ1) is 17.9. The minimum Gasteiger partial charge on any atom is -0.256 e. The molecule has 0 saturated heterocycles. The summed E-state index contributed by atoms with van der Waals surface area (Å²) in [7, 11) is 0. The maximum absolute atomic E-state index is 5.08. The van der Waals surface area contributed by atoms with Crippen molar-refractivity contribution in [3.05, 3.63) is 140 Å². The Morgan fingerprint density at radius 2 is 0.944 bits per heavy atom. The van der Waals surface area contributed by atoms with Crippen LogP contribution in [0.5, 0.6) is 0 Å². The van der Waals surface area contributed by atoms with Crippen LogP contribution in [0.25, 0.3) is 56.0 Å². The monoisotopic (exact) mass is 461 g/mol. The van der Waals surface area contributed by atoms with Gasteiger partial charge in [0.15, 0.2) is 0 Å². The maximum Gasteiger partial charge on any atom is 0.0986 e. The molecule has 6 aromatic rings. The van der Waals surface area contributed by atoms with Crippen LogP contribution in [-0.4, -0.2) is 15.0 Å². The van der Waals surface area contributed by atoms with Crippen LogP contribution >= 0.6 is 0 Å². The van der Waals surface area contributed by atoms with Gasteiger partial charge >= 0.3 is 0 Å². The van der Waals surface area contributed by atoms with Crippen molar-refractivity contribution in [2.75, 3.05) is 0 Å². The Morgan fingerprint density at radius 1 is 0.361 bits per heavy atom. The lowest BCUT2D eigenvalue weighted by molar-refractivity contribution is 1.23. The van der Waals surface area contributed by atoms with Crippen LogP contribution in [0.1, 0.15) is 0 Å². The van der Waals surface area contributed by atoms with E-state index in [2.05, 4.69) is 83.8 Å². The summed E-state index contributed by atoms with van der Waals surface area (Å²) in [6.45, 7) is 0. The van der Waals surface area contributed by atoms with Gasteiger partial charge in [0.2, 0.25) is 0 Å². The van der Waals surface area contributed by atoms with Gasteiger partial charge in [-0.2, -0.15) is 0 Å². The third kappa shape index (κ3) is 4.08. The highest BCUT2D eigenvalue weighted by Gasteiger charge is 2.22. The average Bonchev–Trinajstić information content (AvgIpc) is 2.98. The summed E-state index contributed by atoms with van der Waals surface area (Å²) in [5, 5.41) is 0. The van der Waals surface area contributed by atoms with Gasteiger partial charge in [0.05, 0.1) is 17.1 Å². The van der Waals surface area contributed by atoms with E-state index in [-0.39, 0.29) is 0 Å². The summed E-state index contributed by atoms with van der Waals surface area (Å²) < 4.78 is 0. The van der Waals surface area contributed by atoms with Gasteiger partial charge in [-0.3, -0.25) is 15.0 Å². The first kappa shape index (κ1) is 21.6. The summed E-state index contributed by atoms with van der Waals surface area (Å²) in [4.78, 5) is 14.5. The van der Waals surface area contributed by atoms with Gasteiger partial charge in [-0.25, -0.2) is 0 Å². The van der Waals surface area contributed by atoms with E-state index >= 15 is 0 Å². The number of rotatable bonds is 5. The topological polar surface area (TPSA) is 38.7 Å². The molecule has 3 heteroatoms. The molecule has 0 atom stereocenters. The van der Waals surface area contributed by atoms with Crippen LogP contribution in [0.15, 0.2) is 140 Å². The number of hydrogen-bond donors (Lipinski definition) is 0. The van der Waals surface area contributed by atoms with Crippen molar-refractivity contribution in [3.8, 4) is 56.0 Å². The molecule has 0 N–H and O–H groups in total. The Balaban J connectivity index is 1.73. The third-order valence-electron chi connectivity index (χ3n) is 6.26. The molecule has 0 aliphatic rings. The zero-order chi connectivity index (χ0) is 24.2. The Kier molecular flexibility index (Phi) is 5.87. The number of nitrogens with zero attached hydrogens (tertiary/aromatic N) is 3. The van der Waals surface area contributed by atoms with E-state index < -0.39 is 0 Å². The van der Waals surface area contributed by atoms with E-state index in [4.69, 9.17) is 9.97 Å². The summed E-state index contributed by atoms with van der Waals surface area (Å²) in [6, 6.07) is 41.4. The second kappa shape index (κ2) is 9.77. The molecule has 0 fully saturated rings. The van der Waals surface area contributed by atoms with E-state index in [1.165, 1.54) is 0 Å². The highest BCUT2D eigenvalue weighted by molar-refractivity contribution is 6.01. The SMILES string of the molecule is c1ccc(-c2cnc(-c3ncccc3-c3ccccn3)c(-c3ccccc3)c2-c2ccccc2)cc1. The Hall–Kier alpha value is -4.89. The zero-order valence-corrected chi connectivity index (χ0v) is 19.6. The minimum absolute atomic E-state index is 0.812. The van der Waals surface area contributed by atoms with Crippen molar-refractivity contribution in [1.82, 2.24) is 15.0 Å². The van der Waals surface area contributed by atoms with Crippen LogP contribution in [0, 0.1) is 0 Å². The summed E-state index contributed by atoms with van der Waals surface area (Å²) in [6.07, 6.45) is 5.62. The molecule has 0 spiro atoms. The number of aromatic nitrogens is 3. The van der Waals surface area contributed by atoms with Gasteiger partial charge < -0.3 is 0 Å². The predicted octanol–water partition coefficient (Wildman–Crippen LogP) is 8.21. The fourth-order valence-corrected chi connectivity index (χ4v) is 4.64. The first-order valence-corrected chi connectivity index (χ1v) is 12.0. The molecule has 3 heterocycles. The second-order valence-electron chi connectivity index (χ2n) is 8.48. The normalized spacial score (nSPS) is 10.8. The number of hydrogen-bond acceptors (Lipinski definition) is 3. The van der Waals surface area contributed by atoms with Crippen molar-refractivity contribution in [2.45, 2.75) is 0 Å². The molecule has 0 aliphatic heterocycles. The maximum atomic E-state index is 5.08. The molecule has 3 aromatic carbocycles. The third-order valence-corrected chi connectivity index (χ3v) is 6.26. The van der Waals surface area contributed by atoms with Gasteiger partial charge in [-0.05, 0) is 41.0 Å². The highest BCUT2D eigenvalue weighted by Crippen LogP contribution is 2.45. The molecule has 6 rings (SSSR count). The van der Waals surface area contributed by atoms with E-state index in [1.54, 1.807) is 0 Å². The molecule has 3 aromatic heterocycles. The van der Waals surface area contributed by atoms with Gasteiger partial charge in [0.1, 0.15) is 0 Å². The summed E-state index contributed by atoms with van der Waals surface area (Å²) >= 11 is 0. The van der Waals surface area contributed by atoms with E-state index in [1.807, 2.05) is 61.1 Å². The Labute approximate surface area is 210 Å². The Bertz CT molecular complexity index is 1600. The molecule has 0 amide bonds. The lowest BCUT2D eigenvalue weighted by Gasteiger charge is -2.20. The second-order valence-corrected chi connectivity index (χ2v) is 8.48. The predicted molar refractivity (Wildman–Crippen MR) is 147 cm³/mol. The van der Waals surface area contributed by atoms with Crippen molar-refractivity contribution in [1.29, 1.82) is 0 Å². The van der Waals surface area contributed by atoms with Crippen LogP contribution in [-0.2, 0) is 0 Å². The lowest BCUT2D eigenvalue weighted by atomic mass is 9.86. The molecule has 3 nitrogen and oxygen atoms in total. The zero-order valence-electron chi connectivity index (χ0n) is 19.6. The highest BCUT2D eigenvalue weighted by atomic mass is 14.8. The molecule has 0 saturated carbocycles. The molecule has 170 valence electrons. The standard InChI is InChI=1S/C33H23N3/c1-4-13-24(14-5-1)28-23-36-33(32-27(19-12-22-35-32)29-20-10-11-21-34-29)31(26-17-8-3-9-18-26)30(28)25-15-6-2-7-16-25/h1-23H. The fourth-order valence-electron chi connectivity index (χ4n) is 4.64. The van der Waals surface area contributed by atoms with Crippen molar-refractivity contribution < 1.29 is 0 Å². The van der Waals surface area contributed by atoms with Gasteiger partial charge in [-0.1, -0.05) is 97.1 Å². The van der Waals surface area contributed by atoms with E-state index in [0.717, 1.165) is 56.0 Å². The first-order valence-electron chi connectivity index (χ1n) is 12.0. The average molecular weight is 462 g/mol. The Morgan fingerprint density at radius 3 is 1.58 bits per heavy atom. The number of pyridine rings is 3. The fraction of sp³-hybridized carbons (Fsp3) is 0. The molecule has 36 heavy (non-hydrogen) atoms. The van der Waals surface area contributed by atoms with Gasteiger partial charge in [0.25, 0.3) is 0 Å². The van der Waals surface area contributed by atoms with E-state index in [9.17, 15) is 0 Å². The molecular weight excluding hydrogens is 438 g/mol. The van der Waals surface area contributed by atoms with Crippen LogP contribution < -0.4 is 0 Å². The number of benzene rings is 3. The van der Waals surface area contributed by atoms with Crippen molar-refractivity contribution in [2.24, 2.45) is 0 Å².